The van der Waals surface area contributed by atoms with Crippen molar-refractivity contribution in [1.29, 1.82) is 0 Å². The van der Waals surface area contributed by atoms with Crippen LogP contribution in [0.2, 0.25) is 0 Å². The van der Waals surface area contributed by atoms with Crippen molar-refractivity contribution in [2.24, 2.45) is 0 Å². The molecule has 0 bridgehead atoms. The van der Waals surface area contributed by atoms with Crippen molar-refractivity contribution in [3.8, 4) is 0 Å². The molecule has 0 aliphatic heterocycles. The molecule has 0 spiro atoms. The highest BCUT2D eigenvalue weighted by molar-refractivity contribution is 9.10. The van der Waals surface area contributed by atoms with Gasteiger partial charge in [-0.05, 0) is 18.2 Å². The Morgan fingerprint density at radius 3 is 2.64 bits per heavy atom. The molecule has 0 saturated carbocycles. The Bertz CT molecular complexity index is 1020. The molecule has 0 aliphatic rings. The average Bonchev–Trinajstić information content (AvgIpc) is 2.61. The minimum atomic E-state index is -0.460. The van der Waals surface area contributed by atoms with Crippen LogP contribution in [0.1, 0.15) is 11.3 Å². The van der Waals surface area contributed by atoms with Gasteiger partial charge < -0.3 is 4.74 Å². The van der Waals surface area contributed by atoms with Crippen LogP contribution >= 0.6 is 15.9 Å². The first-order chi connectivity index (χ1) is 12.0. The highest BCUT2D eigenvalue weighted by Crippen LogP contribution is 2.17. The van der Waals surface area contributed by atoms with E-state index in [0.717, 1.165) is 0 Å². The number of hydrogen-bond acceptors (Lipinski definition) is 4. The predicted molar refractivity (Wildman–Crippen MR) is 94.9 cm³/mol. The summed E-state index contributed by atoms with van der Waals surface area (Å²) >= 11 is 3.20. The van der Waals surface area contributed by atoms with Gasteiger partial charge in [0.1, 0.15) is 5.82 Å². The van der Waals surface area contributed by atoms with Crippen molar-refractivity contribution in [1.82, 2.24) is 9.78 Å². The highest BCUT2D eigenvalue weighted by Gasteiger charge is 2.15. The van der Waals surface area contributed by atoms with Crippen molar-refractivity contribution in [2.75, 3.05) is 7.11 Å². The third-order valence-electron chi connectivity index (χ3n) is 3.82. The Kier molecular flexibility index (Phi) is 4.94. The van der Waals surface area contributed by atoms with E-state index in [4.69, 9.17) is 4.74 Å². The van der Waals surface area contributed by atoms with Crippen LogP contribution in [0.5, 0.6) is 0 Å². The van der Waals surface area contributed by atoms with Gasteiger partial charge in [-0.3, -0.25) is 9.59 Å². The first-order valence-electron chi connectivity index (χ1n) is 7.49. The van der Waals surface area contributed by atoms with Crippen LogP contribution in [0.15, 0.2) is 51.7 Å². The van der Waals surface area contributed by atoms with E-state index in [1.165, 1.54) is 17.9 Å². The maximum Gasteiger partial charge on any atom is 0.311 e. The first-order valence-corrected chi connectivity index (χ1v) is 8.28. The van der Waals surface area contributed by atoms with Gasteiger partial charge >= 0.3 is 5.97 Å². The van der Waals surface area contributed by atoms with Gasteiger partial charge in [-0.2, -0.15) is 5.10 Å². The molecular weight excluding hydrogens is 391 g/mol. The van der Waals surface area contributed by atoms with E-state index in [9.17, 15) is 14.0 Å². The number of hydrogen-bond donors (Lipinski definition) is 0. The maximum absolute atomic E-state index is 14.1. The molecule has 2 aromatic carbocycles. The predicted octanol–water partition coefficient (Wildman–Crippen LogP) is 3.06. The van der Waals surface area contributed by atoms with Gasteiger partial charge in [0.05, 0.1) is 31.2 Å². The smallest absolute Gasteiger partial charge is 0.311 e. The van der Waals surface area contributed by atoms with E-state index in [2.05, 4.69) is 21.0 Å². The number of methoxy groups -OCH3 is 1. The molecule has 5 nitrogen and oxygen atoms in total. The summed E-state index contributed by atoms with van der Waals surface area (Å²) in [6.07, 6.45) is -0.0693. The molecule has 0 aliphatic carbocycles. The van der Waals surface area contributed by atoms with E-state index in [1.807, 2.05) is 0 Å². The number of rotatable bonds is 4. The number of benzene rings is 2. The lowest BCUT2D eigenvalue weighted by Gasteiger charge is -2.11. The van der Waals surface area contributed by atoms with Gasteiger partial charge in [0.2, 0.25) is 0 Å². The summed E-state index contributed by atoms with van der Waals surface area (Å²) in [6, 6.07) is 11.5. The zero-order valence-electron chi connectivity index (χ0n) is 13.3. The molecule has 1 heterocycles. The Balaban J connectivity index is 2.13. The summed E-state index contributed by atoms with van der Waals surface area (Å²) in [5.74, 6) is -0.900. The molecule has 3 aromatic rings. The molecule has 25 heavy (non-hydrogen) atoms. The highest BCUT2D eigenvalue weighted by atomic mass is 79.9. The maximum atomic E-state index is 14.1. The Morgan fingerprint density at radius 2 is 1.96 bits per heavy atom. The number of nitrogens with zero attached hydrogens (tertiary/aromatic N) is 2. The van der Waals surface area contributed by atoms with Gasteiger partial charge in [0, 0.05) is 15.4 Å². The van der Waals surface area contributed by atoms with E-state index in [1.54, 1.807) is 36.4 Å². The zero-order valence-corrected chi connectivity index (χ0v) is 14.9. The molecule has 7 heteroatoms. The molecule has 128 valence electrons. The zero-order chi connectivity index (χ0) is 18.0. The Morgan fingerprint density at radius 1 is 1.24 bits per heavy atom. The molecule has 0 saturated heterocycles. The second-order valence-corrected chi connectivity index (χ2v) is 6.36. The lowest BCUT2D eigenvalue weighted by Crippen LogP contribution is -2.26. The minimum Gasteiger partial charge on any atom is -0.469 e. The van der Waals surface area contributed by atoms with Crippen LogP contribution < -0.4 is 5.56 Å². The standard InChI is InChI=1S/C18H14BrFN2O3/c1-25-17(23)9-16-13-4-2-3-5-14(13)18(24)22(21-16)10-11-6-7-12(19)8-15(11)20/h2-8H,9-10H2,1H3. The monoisotopic (exact) mass is 404 g/mol. The molecule has 0 radical (unpaired) electrons. The van der Waals surface area contributed by atoms with Gasteiger partial charge in [-0.15, -0.1) is 0 Å². The summed E-state index contributed by atoms with van der Waals surface area (Å²) in [5.41, 5.74) is 0.406. The molecule has 0 amide bonds. The average molecular weight is 405 g/mol. The molecular formula is C18H14BrFN2O3. The third-order valence-corrected chi connectivity index (χ3v) is 4.31. The summed E-state index contributed by atoms with van der Waals surface area (Å²) in [4.78, 5) is 24.3. The first kappa shape index (κ1) is 17.3. The number of carbonyl (C=O) groups excluding carboxylic acids is 1. The van der Waals surface area contributed by atoms with Crippen LogP contribution in [-0.2, 0) is 22.5 Å². The topological polar surface area (TPSA) is 61.2 Å². The van der Waals surface area contributed by atoms with Crippen LogP contribution in [-0.4, -0.2) is 22.9 Å². The van der Waals surface area contributed by atoms with Crippen molar-refractivity contribution < 1.29 is 13.9 Å². The van der Waals surface area contributed by atoms with Crippen LogP contribution in [0, 0.1) is 5.82 Å². The van der Waals surface area contributed by atoms with E-state index >= 15 is 0 Å². The molecule has 0 N–H and O–H groups in total. The van der Waals surface area contributed by atoms with E-state index in [-0.39, 0.29) is 18.5 Å². The molecule has 0 fully saturated rings. The fourth-order valence-corrected chi connectivity index (χ4v) is 2.90. The number of fused-ring (bicyclic) bond motifs is 1. The van der Waals surface area contributed by atoms with Crippen molar-refractivity contribution in [3.63, 3.8) is 0 Å². The summed E-state index contributed by atoms with van der Waals surface area (Å²) in [6.45, 7) is -0.0308. The number of halogens is 2. The fraction of sp³-hybridized carbons (Fsp3) is 0.167. The van der Waals surface area contributed by atoms with E-state index in [0.29, 0.717) is 26.5 Å². The Hall–Kier alpha value is -2.54. The van der Waals surface area contributed by atoms with Gasteiger partial charge in [-0.25, -0.2) is 9.07 Å². The third kappa shape index (κ3) is 3.61. The number of ether oxygens (including phenoxy) is 1. The second-order valence-electron chi connectivity index (χ2n) is 5.44. The Labute approximate surface area is 151 Å². The van der Waals surface area contributed by atoms with Gasteiger partial charge in [-0.1, -0.05) is 40.2 Å². The van der Waals surface area contributed by atoms with Crippen molar-refractivity contribution in [3.05, 3.63) is 74.4 Å². The lowest BCUT2D eigenvalue weighted by molar-refractivity contribution is -0.139. The van der Waals surface area contributed by atoms with Crippen LogP contribution in [0.25, 0.3) is 10.8 Å². The summed E-state index contributed by atoms with van der Waals surface area (Å²) in [7, 11) is 1.29. The van der Waals surface area contributed by atoms with E-state index < -0.39 is 11.8 Å². The normalized spacial score (nSPS) is 10.8. The van der Waals surface area contributed by atoms with Gasteiger partial charge in [0.15, 0.2) is 0 Å². The quantitative estimate of drug-likeness (QED) is 0.626. The van der Waals surface area contributed by atoms with Crippen molar-refractivity contribution in [2.45, 2.75) is 13.0 Å². The molecule has 0 atom stereocenters. The molecule has 3 rings (SSSR count). The number of aromatic nitrogens is 2. The largest absolute Gasteiger partial charge is 0.469 e. The molecule has 0 unspecified atom stereocenters. The van der Waals surface area contributed by atoms with Crippen LogP contribution in [0.3, 0.4) is 0 Å². The summed E-state index contributed by atoms with van der Waals surface area (Å²) in [5, 5.41) is 5.29. The number of esters is 1. The number of carbonyl (C=O) groups is 1. The fourth-order valence-electron chi connectivity index (χ4n) is 2.56. The van der Waals surface area contributed by atoms with Gasteiger partial charge in [0.25, 0.3) is 5.56 Å². The SMILES string of the molecule is COC(=O)Cc1nn(Cc2ccc(Br)cc2F)c(=O)c2ccccc12. The second kappa shape index (κ2) is 7.14. The molecule has 1 aromatic heterocycles. The van der Waals surface area contributed by atoms with Crippen molar-refractivity contribution >= 4 is 32.7 Å². The summed E-state index contributed by atoms with van der Waals surface area (Å²) < 4.78 is 20.6. The minimum absolute atomic E-state index is 0.0308. The van der Waals surface area contributed by atoms with Crippen LogP contribution in [0.4, 0.5) is 4.39 Å². The lowest BCUT2D eigenvalue weighted by atomic mass is 10.1.